The average Bonchev–Trinajstić information content (AvgIpc) is 3.24. The maximum absolute atomic E-state index is 13.3. The van der Waals surface area contributed by atoms with Crippen molar-refractivity contribution < 1.29 is 14.3 Å². The Balaban J connectivity index is 1.65. The molecule has 1 N–H and O–H groups in total. The summed E-state index contributed by atoms with van der Waals surface area (Å²) in [6.45, 7) is 1.89. The summed E-state index contributed by atoms with van der Waals surface area (Å²) < 4.78 is 6.33. The third kappa shape index (κ3) is 5.01. The molecule has 0 aliphatic carbocycles. The van der Waals surface area contributed by atoms with E-state index in [1.165, 1.54) is 21.6 Å². The number of aromatic nitrogens is 2. The Hall–Kier alpha value is -3.78. The first kappa shape index (κ1) is 22.4. The Morgan fingerprint density at radius 2 is 1.76 bits per heavy atom. The molecule has 33 heavy (non-hydrogen) atoms. The number of aryl methyl sites for hydroxylation is 1. The second kappa shape index (κ2) is 10.2. The standard InChI is InChI=1S/C25H23N3O4S/c1-2-32-25(31)22-19-16-33-23(26-20(29)15-9-12-17-10-5-3-6-11-17)21(19)24(30)28(27-22)18-13-7-4-8-14-18/h3-8,10-11,13-14,16H,2,9,12,15H2,1H3,(H,26,29). The fourth-order valence-corrected chi connectivity index (χ4v) is 4.48. The number of carbonyl (C=O) groups is 2. The van der Waals surface area contributed by atoms with Gasteiger partial charge in [-0.25, -0.2) is 4.79 Å². The molecule has 0 aliphatic rings. The first-order chi connectivity index (χ1) is 16.1. The molecule has 0 radical (unpaired) electrons. The number of thiophene rings is 1. The minimum Gasteiger partial charge on any atom is -0.461 e. The number of esters is 1. The Labute approximate surface area is 194 Å². The van der Waals surface area contributed by atoms with Crippen molar-refractivity contribution in [3.63, 3.8) is 0 Å². The number of rotatable bonds is 8. The summed E-state index contributed by atoms with van der Waals surface area (Å²) in [6, 6.07) is 18.8. The largest absolute Gasteiger partial charge is 0.461 e. The zero-order chi connectivity index (χ0) is 23.2. The van der Waals surface area contributed by atoms with Crippen LogP contribution in [-0.2, 0) is 16.0 Å². The number of para-hydroxylation sites is 1. The van der Waals surface area contributed by atoms with Crippen molar-refractivity contribution in [3.05, 3.63) is 87.7 Å². The van der Waals surface area contributed by atoms with E-state index in [0.717, 1.165) is 6.42 Å². The Kier molecular flexibility index (Phi) is 6.95. The molecule has 8 heteroatoms. The van der Waals surface area contributed by atoms with Gasteiger partial charge in [-0.15, -0.1) is 11.3 Å². The van der Waals surface area contributed by atoms with E-state index in [-0.39, 0.29) is 23.6 Å². The molecule has 0 unspecified atom stereocenters. The Bertz CT molecular complexity index is 1330. The molecular formula is C25H23N3O4S. The zero-order valence-electron chi connectivity index (χ0n) is 18.1. The van der Waals surface area contributed by atoms with Crippen LogP contribution in [0.4, 0.5) is 5.00 Å². The third-order valence-corrected chi connectivity index (χ3v) is 5.98. The smallest absolute Gasteiger partial charge is 0.359 e. The molecule has 0 aliphatic heterocycles. The van der Waals surface area contributed by atoms with Gasteiger partial charge in [0.1, 0.15) is 5.00 Å². The van der Waals surface area contributed by atoms with Crippen molar-refractivity contribution in [2.24, 2.45) is 0 Å². The minimum atomic E-state index is -0.620. The Morgan fingerprint density at radius 1 is 1.06 bits per heavy atom. The summed E-state index contributed by atoms with van der Waals surface area (Å²) in [5, 5.41) is 9.82. The fourth-order valence-electron chi connectivity index (χ4n) is 3.52. The maximum Gasteiger partial charge on any atom is 0.359 e. The molecule has 168 valence electrons. The molecule has 0 atom stereocenters. The highest BCUT2D eigenvalue weighted by molar-refractivity contribution is 7.16. The van der Waals surface area contributed by atoms with E-state index in [1.807, 2.05) is 36.4 Å². The van der Waals surface area contributed by atoms with E-state index in [9.17, 15) is 14.4 Å². The van der Waals surface area contributed by atoms with Crippen LogP contribution in [0.2, 0.25) is 0 Å². The molecule has 2 aromatic carbocycles. The molecule has 7 nitrogen and oxygen atoms in total. The number of nitrogens with zero attached hydrogens (tertiary/aromatic N) is 2. The first-order valence-corrected chi connectivity index (χ1v) is 11.6. The van der Waals surface area contributed by atoms with Gasteiger partial charge in [0.15, 0.2) is 5.69 Å². The van der Waals surface area contributed by atoms with Gasteiger partial charge in [0, 0.05) is 17.2 Å². The molecule has 2 aromatic heterocycles. The van der Waals surface area contributed by atoms with Crippen LogP contribution in [0.25, 0.3) is 16.5 Å². The van der Waals surface area contributed by atoms with Gasteiger partial charge in [-0.2, -0.15) is 9.78 Å². The monoisotopic (exact) mass is 461 g/mol. The van der Waals surface area contributed by atoms with Crippen molar-refractivity contribution in [2.75, 3.05) is 11.9 Å². The third-order valence-electron chi connectivity index (χ3n) is 5.09. The van der Waals surface area contributed by atoms with Gasteiger partial charge in [-0.3, -0.25) is 9.59 Å². The van der Waals surface area contributed by atoms with Crippen molar-refractivity contribution >= 4 is 39.0 Å². The normalized spacial score (nSPS) is 10.8. The summed E-state index contributed by atoms with van der Waals surface area (Å²) in [5.74, 6) is -0.805. The van der Waals surface area contributed by atoms with Gasteiger partial charge >= 0.3 is 5.97 Å². The quantitative estimate of drug-likeness (QED) is 0.388. The van der Waals surface area contributed by atoms with Gasteiger partial charge in [0.05, 0.1) is 17.7 Å². The summed E-state index contributed by atoms with van der Waals surface area (Å²) in [6.07, 6.45) is 1.79. The Morgan fingerprint density at radius 3 is 2.45 bits per heavy atom. The number of hydrogen-bond donors (Lipinski definition) is 1. The minimum absolute atomic E-state index is 0.0381. The molecule has 0 fully saturated rings. The predicted molar refractivity (Wildman–Crippen MR) is 129 cm³/mol. The predicted octanol–water partition coefficient (Wildman–Crippen LogP) is 4.59. The summed E-state index contributed by atoms with van der Waals surface area (Å²) in [5.41, 5.74) is 1.31. The average molecular weight is 462 g/mol. The van der Waals surface area contributed by atoms with Crippen molar-refractivity contribution in [3.8, 4) is 5.69 Å². The van der Waals surface area contributed by atoms with Crippen molar-refractivity contribution in [1.29, 1.82) is 0 Å². The number of carbonyl (C=O) groups excluding carboxylic acids is 2. The summed E-state index contributed by atoms with van der Waals surface area (Å²) in [7, 11) is 0. The van der Waals surface area contributed by atoms with E-state index in [2.05, 4.69) is 10.4 Å². The lowest BCUT2D eigenvalue weighted by Crippen LogP contribution is -2.25. The van der Waals surface area contributed by atoms with Gasteiger partial charge in [-0.05, 0) is 37.5 Å². The number of hydrogen-bond acceptors (Lipinski definition) is 6. The van der Waals surface area contributed by atoms with Gasteiger partial charge in [0.2, 0.25) is 5.91 Å². The van der Waals surface area contributed by atoms with E-state index in [4.69, 9.17) is 4.74 Å². The van der Waals surface area contributed by atoms with Crippen LogP contribution >= 0.6 is 11.3 Å². The second-order valence-electron chi connectivity index (χ2n) is 7.36. The first-order valence-electron chi connectivity index (χ1n) is 10.7. The molecule has 1 amide bonds. The number of anilines is 1. The zero-order valence-corrected chi connectivity index (χ0v) is 18.9. The SMILES string of the molecule is CCOC(=O)c1nn(-c2ccccc2)c(=O)c2c(NC(=O)CCCc3ccccc3)scc12. The molecule has 0 spiro atoms. The lowest BCUT2D eigenvalue weighted by Gasteiger charge is -2.10. The van der Waals surface area contributed by atoms with Gasteiger partial charge in [0.25, 0.3) is 5.56 Å². The molecule has 0 bridgehead atoms. The number of ether oxygens (including phenoxy) is 1. The highest BCUT2D eigenvalue weighted by atomic mass is 32.1. The summed E-state index contributed by atoms with van der Waals surface area (Å²) in [4.78, 5) is 38.5. The van der Waals surface area contributed by atoms with Crippen LogP contribution in [0, 0.1) is 0 Å². The molecular weight excluding hydrogens is 438 g/mol. The maximum atomic E-state index is 13.3. The topological polar surface area (TPSA) is 90.3 Å². The molecule has 0 saturated heterocycles. The van der Waals surface area contributed by atoms with Gasteiger partial charge < -0.3 is 10.1 Å². The van der Waals surface area contributed by atoms with Crippen LogP contribution in [0.3, 0.4) is 0 Å². The fraction of sp³-hybridized carbons (Fsp3) is 0.200. The number of amides is 1. The van der Waals surface area contributed by atoms with Crippen LogP contribution in [0.1, 0.15) is 35.8 Å². The number of nitrogens with one attached hydrogen (secondary N) is 1. The molecule has 4 aromatic rings. The van der Waals surface area contributed by atoms with Crippen molar-refractivity contribution in [2.45, 2.75) is 26.2 Å². The highest BCUT2D eigenvalue weighted by Gasteiger charge is 2.23. The van der Waals surface area contributed by atoms with E-state index in [1.54, 1.807) is 36.6 Å². The molecule has 4 rings (SSSR count). The highest BCUT2D eigenvalue weighted by Crippen LogP contribution is 2.31. The van der Waals surface area contributed by atoms with E-state index >= 15 is 0 Å². The molecule has 0 saturated carbocycles. The van der Waals surface area contributed by atoms with Crippen LogP contribution in [-0.4, -0.2) is 28.3 Å². The molecule has 2 heterocycles. The van der Waals surface area contributed by atoms with E-state index < -0.39 is 11.5 Å². The lowest BCUT2D eigenvalue weighted by atomic mass is 10.1. The van der Waals surface area contributed by atoms with Crippen LogP contribution in [0.15, 0.2) is 70.8 Å². The van der Waals surface area contributed by atoms with Crippen molar-refractivity contribution in [1.82, 2.24) is 9.78 Å². The summed E-state index contributed by atoms with van der Waals surface area (Å²) >= 11 is 1.20. The van der Waals surface area contributed by atoms with E-state index in [0.29, 0.717) is 28.9 Å². The lowest BCUT2D eigenvalue weighted by molar-refractivity contribution is -0.116. The number of benzene rings is 2. The second-order valence-corrected chi connectivity index (χ2v) is 8.24. The van der Waals surface area contributed by atoms with Gasteiger partial charge in [-0.1, -0.05) is 48.5 Å². The van der Waals surface area contributed by atoms with Crippen LogP contribution < -0.4 is 10.9 Å². The number of fused-ring (bicyclic) bond motifs is 1. The van der Waals surface area contributed by atoms with Crippen LogP contribution in [0.5, 0.6) is 0 Å².